The average molecular weight is 1130 g/mol. The molecule has 0 fully saturated rings. The van der Waals surface area contributed by atoms with Gasteiger partial charge in [-0.25, -0.2) is 0 Å². The van der Waals surface area contributed by atoms with Gasteiger partial charge in [0, 0.05) is 68.4 Å². The zero-order valence-corrected chi connectivity index (χ0v) is 47.5. The van der Waals surface area contributed by atoms with Gasteiger partial charge < -0.3 is 44.4 Å². The second-order valence-corrected chi connectivity index (χ2v) is 21.5. The summed E-state index contributed by atoms with van der Waals surface area (Å²) < 4.78 is 37.9. The number of aromatic nitrogens is 6. The third-order valence-corrected chi connectivity index (χ3v) is 15.8. The van der Waals surface area contributed by atoms with Gasteiger partial charge in [0.1, 0.15) is 33.7 Å². The van der Waals surface area contributed by atoms with Crippen molar-refractivity contribution >= 4 is 69.1 Å². The van der Waals surface area contributed by atoms with Crippen LogP contribution in [0.15, 0.2) is 58.5 Å². The number of halogens is 2. The standard InChI is InChI=1S/C54H66Cl2N11O8S2/c1-33-35(3)76-53-47(33)49(39-7-11-41(55)12-8-39)60-43(51-64-62-37(5)66(51)53)31-45(68)58-17-21-72-25-29-74-27-23-70-19-15-57-16-20-71-24-28-75-30-26-73-22-18-59-46(69)32-44-52-65-63-38(6)67(52)54-48(34(2)36(4)77-54)50(61-44)40-9-13-42(56)14-10-40/h7-14,43-44H,15-32H2,1-6H3,(H,58,68)(H,59,69)/q-1/t43-,44-/m0/s1. The van der Waals surface area contributed by atoms with Gasteiger partial charge in [0.2, 0.25) is 11.8 Å². The minimum Gasteiger partial charge on any atom is -0.659 e. The number of hydrogen-bond acceptors (Lipinski definition) is 16. The molecule has 2 atom stereocenters. The molecule has 6 aromatic rings. The van der Waals surface area contributed by atoms with E-state index < -0.39 is 12.1 Å². The number of carbonyl (C=O) groups excluding carboxylic acids is 2. The lowest BCUT2D eigenvalue weighted by molar-refractivity contribution is -0.122. The normalized spacial score (nSPS) is 14.8. The molecule has 0 unspecified atom stereocenters. The number of nitrogens with zero attached hydrogens (tertiary/aromatic N) is 9. The minimum atomic E-state index is -0.543. The topological polar surface area (TPSA) is 214 Å². The smallest absolute Gasteiger partial charge is 0.222 e. The first-order chi connectivity index (χ1) is 37.4. The Bertz CT molecular complexity index is 2790. The first-order valence-electron chi connectivity index (χ1n) is 25.7. The molecule has 0 aliphatic carbocycles. The van der Waals surface area contributed by atoms with Crippen molar-refractivity contribution in [3.8, 4) is 10.0 Å². The van der Waals surface area contributed by atoms with Crippen LogP contribution in [0, 0.1) is 41.5 Å². The SMILES string of the molecule is Cc1sc2c(c1C)C(c1ccc(Cl)cc1)=N[C@@H](CC(=O)NCCOCCOCCOCC[N-]CCOCCOCCOCCNC(=O)C[C@@H]1N=C(c3ccc(Cl)cc3)c3c(sc(C)c3C)-n3c(C)nnc31)c1nnc(C)n1-2. The summed E-state index contributed by atoms with van der Waals surface area (Å²) in [6.07, 6.45) is 0.208. The predicted molar refractivity (Wildman–Crippen MR) is 300 cm³/mol. The van der Waals surface area contributed by atoms with Gasteiger partial charge in [-0.05, 0) is 76.9 Å². The lowest BCUT2D eigenvalue weighted by Gasteiger charge is -2.18. The van der Waals surface area contributed by atoms with Crippen LogP contribution in [0.3, 0.4) is 0 Å². The van der Waals surface area contributed by atoms with Crippen LogP contribution in [0.1, 0.15) is 91.4 Å². The molecule has 23 heteroatoms. The number of carbonyl (C=O) groups is 2. The van der Waals surface area contributed by atoms with Crippen LogP contribution >= 0.6 is 45.9 Å². The Morgan fingerprint density at radius 1 is 0.519 bits per heavy atom. The van der Waals surface area contributed by atoms with Gasteiger partial charge in [0.25, 0.3) is 0 Å². The first kappa shape index (κ1) is 57.9. The predicted octanol–water partition coefficient (Wildman–Crippen LogP) is 8.10. The molecule has 77 heavy (non-hydrogen) atoms. The van der Waals surface area contributed by atoms with E-state index >= 15 is 0 Å². The third-order valence-electron chi connectivity index (χ3n) is 12.9. The Labute approximate surface area is 467 Å². The molecule has 2 aliphatic rings. The fourth-order valence-electron chi connectivity index (χ4n) is 8.74. The maximum Gasteiger partial charge on any atom is 0.222 e. The number of aliphatic imine (C=N–C) groups is 2. The molecule has 0 saturated heterocycles. The number of hydrogen-bond donors (Lipinski definition) is 2. The highest BCUT2D eigenvalue weighted by atomic mass is 35.5. The highest BCUT2D eigenvalue weighted by Crippen LogP contribution is 2.41. The van der Waals surface area contributed by atoms with Gasteiger partial charge >= 0.3 is 0 Å². The number of nitrogens with one attached hydrogen (secondary N) is 2. The van der Waals surface area contributed by atoms with Crippen molar-refractivity contribution in [1.29, 1.82) is 0 Å². The molecule has 6 heterocycles. The summed E-state index contributed by atoms with van der Waals surface area (Å²) in [6, 6.07) is 14.1. The second-order valence-electron chi connectivity index (χ2n) is 18.3. The van der Waals surface area contributed by atoms with E-state index in [0.717, 1.165) is 66.5 Å². The number of fused-ring (bicyclic) bond motifs is 6. The van der Waals surface area contributed by atoms with Crippen molar-refractivity contribution in [3.63, 3.8) is 0 Å². The number of amides is 2. The van der Waals surface area contributed by atoms with Gasteiger partial charge in [-0.2, -0.15) is 0 Å². The van der Waals surface area contributed by atoms with Crippen molar-refractivity contribution < 1.29 is 38.0 Å². The molecule has 2 N–H and O–H groups in total. The van der Waals surface area contributed by atoms with E-state index in [4.69, 9.17) is 61.6 Å². The van der Waals surface area contributed by atoms with Crippen molar-refractivity contribution in [1.82, 2.24) is 40.2 Å². The quantitative estimate of drug-likeness (QED) is 0.0410. The highest BCUT2D eigenvalue weighted by Gasteiger charge is 2.34. The summed E-state index contributed by atoms with van der Waals surface area (Å²) in [7, 11) is 0. The molecule has 4 aromatic heterocycles. The zero-order chi connectivity index (χ0) is 54.3. The van der Waals surface area contributed by atoms with Crippen LogP contribution in [0.4, 0.5) is 0 Å². The van der Waals surface area contributed by atoms with E-state index in [9.17, 15) is 9.59 Å². The van der Waals surface area contributed by atoms with Crippen LogP contribution in [0.25, 0.3) is 15.3 Å². The van der Waals surface area contributed by atoms with E-state index in [1.54, 1.807) is 22.7 Å². The van der Waals surface area contributed by atoms with E-state index in [2.05, 4.69) is 64.0 Å². The van der Waals surface area contributed by atoms with E-state index in [1.807, 2.05) is 71.5 Å². The Balaban J connectivity index is 0.601. The maximum atomic E-state index is 13.2. The van der Waals surface area contributed by atoms with Crippen LogP contribution in [-0.2, 0) is 38.0 Å². The molecular weight excluding hydrogens is 1070 g/mol. The first-order valence-corrected chi connectivity index (χ1v) is 28.1. The number of thiophene rings is 2. The minimum absolute atomic E-state index is 0.104. The Morgan fingerprint density at radius 2 is 0.870 bits per heavy atom. The average Bonchev–Trinajstić information content (AvgIpc) is 4.11. The van der Waals surface area contributed by atoms with Gasteiger partial charge in [0.05, 0.1) is 90.3 Å². The summed E-state index contributed by atoms with van der Waals surface area (Å²) in [6.45, 7) is 19.1. The van der Waals surface area contributed by atoms with Crippen molar-refractivity contribution in [3.05, 3.63) is 130 Å². The number of ether oxygens (including phenoxy) is 6. The summed E-state index contributed by atoms with van der Waals surface area (Å²) in [5, 5.41) is 31.4. The fourth-order valence-corrected chi connectivity index (χ4v) is 11.4. The monoisotopic (exact) mass is 1130 g/mol. The third kappa shape index (κ3) is 15.1. The Morgan fingerprint density at radius 3 is 1.25 bits per heavy atom. The Hall–Kier alpha value is -5.30. The van der Waals surface area contributed by atoms with Crippen LogP contribution in [-0.4, -0.2) is 158 Å². The summed E-state index contributed by atoms with van der Waals surface area (Å²) in [4.78, 5) is 39.1. The molecule has 0 bridgehead atoms. The molecular formula is C54H66Cl2N11O8S2-. The van der Waals surface area contributed by atoms with Crippen LogP contribution < -0.4 is 10.6 Å². The number of rotatable bonds is 30. The molecule has 0 spiro atoms. The molecule has 8 rings (SSSR count). The highest BCUT2D eigenvalue weighted by molar-refractivity contribution is 7.15. The molecule has 2 aromatic carbocycles. The van der Waals surface area contributed by atoms with Crippen molar-refractivity contribution in [2.24, 2.45) is 9.98 Å². The maximum absolute atomic E-state index is 13.2. The van der Waals surface area contributed by atoms with Gasteiger partial charge in [-0.1, -0.05) is 47.5 Å². The van der Waals surface area contributed by atoms with E-state index in [-0.39, 0.29) is 24.7 Å². The summed E-state index contributed by atoms with van der Waals surface area (Å²) in [5.41, 5.74) is 7.76. The molecule has 2 aliphatic heterocycles. The Kier molecular flexibility index (Phi) is 21.4. The van der Waals surface area contributed by atoms with Gasteiger partial charge in [-0.15, -0.1) is 56.2 Å². The van der Waals surface area contributed by atoms with Crippen LogP contribution in [0.5, 0.6) is 0 Å². The van der Waals surface area contributed by atoms with Gasteiger partial charge in [0.15, 0.2) is 11.6 Å². The molecule has 2 amide bonds. The lowest BCUT2D eigenvalue weighted by atomic mass is 9.99. The van der Waals surface area contributed by atoms with E-state index in [1.165, 1.54) is 9.75 Å². The largest absolute Gasteiger partial charge is 0.659 e. The zero-order valence-electron chi connectivity index (χ0n) is 44.4. The molecule has 0 saturated carbocycles. The van der Waals surface area contributed by atoms with Crippen LogP contribution in [0.2, 0.25) is 10.0 Å². The number of aryl methyl sites for hydroxylation is 4. The van der Waals surface area contributed by atoms with E-state index in [0.29, 0.717) is 127 Å². The number of benzene rings is 2. The molecule has 0 radical (unpaired) electrons. The summed E-state index contributed by atoms with van der Waals surface area (Å²) >= 11 is 15.8. The van der Waals surface area contributed by atoms with Crippen molar-refractivity contribution in [2.45, 2.75) is 66.5 Å². The fraction of sp³-hybridized carbons (Fsp3) is 0.481. The molecule has 19 nitrogen and oxygen atoms in total. The summed E-state index contributed by atoms with van der Waals surface area (Å²) in [5.74, 6) is 2.43. The van der Waals surface area contributed by atoms with Gasteiger partial charge in [-0.3, -0.25) is 28.7 Å². The van der Waals surface area contributed by atoms with Crippen molar-refractivity contribution in [2.75, 3.05) is 105 Å². The lowest BCUT2D eigenvalue weighted by Crippen LogP contribution is -2.29. The molecule has 412 valence electrons. The second kappa shape index (κ2) is 28.5.